The second-order valence-corrected chi connectivity index (χ2v) is 11.7. The molecule has 190 valence electrons. The molecule has 2 aromatic carbocycles. The lowest BCUT2D eigenvalue weighted by Crippen LogP contribution is -2.58. The Kier molecular flexibility index (Phi) is 5.95. The molecule has 1 fully saturated rings. The van der Waals surface area contributed by atoms with Crippen LogP contribution in [0, 0.1) is 11.3 Å². The lowest BCUT2D eigenvalue weighted by molar-refractivity contribution is -0.138. The van der Waals surface area contributed by atoms with Gasteiger partial charge in [0, 0.05) is 23.0 Å². The zero-order chi connectivity index (χ0) is 25.8. The predicted octanol–water partition coefficient (Wildman–Crippen LogP) is 6.75. The van der Waals surface area contributed by atoms with Crippen molar-refractivity contribution in [2.75, 3.05) is 0 Å². The van der Waals surface area contributed by atoms with E-state index in [1.54, 1.807) is 12.1 Å². The van der Waals surface area contributed by atoms with Crippen LogP contribution in [0.25, 0.3) is 23.1 Å². The van der Waals surface area contributed by atoms with Crippen LogP contribution >= 0.6 is 0 Å². The van der Waals surface area contributed by atoms with Crippen molar-refractivity contribution in [3.63, 3.8) is 0 Å². The Morgan fingerprint density at radius 1 is 1.06 bits per heavy atom. The number of phenolic OH excluding ortho intramolecular Hbond substituents is 2. The van der Waals surface area contributed by atoms with Crippen LogP contribution in [0.2, 0.25) is 0 Å². The van der Waals surface area contributed by atoms with Crippen molar-refractivity contribution < 1.29 is 20.1 Å². The Hall–Kier alpha value is -3.18. The van der Waals surface area contributed by atoms with Gasteiger partial charge in [-0.3, -0.25) is 0 Å². The molecule has 2 aliphatic rings. The molecule has 1 aromatic heterocycles. The van der Waals surface area contributed by atoms with E-state index in [-0.39, 0.29) is 28.9 Å². The molecular formula is C31H37NO4. The topological polar surface area (TPSA) is 85.7 Å². The molecule has 2 heterocycles. The maximum atomic E-state index is 10.8. The summed E-state index contributed by atoms with van der Waals surface area (Å²) in [6.07, 6.45) is 10.6. The van der Waals surface area contributed by atoms with Gasteiger partial charge in [-0.05, 0) is 98.4 Å². The van der Waals surface area contributed by atoms with Crippen LogP contribution in [0.1, 0.15) is 69.7 Å². The minimum absolute atomic E-state index is 0.141. The number of ether oxygens (including phenoxy) is 1. The molecule has 0 bridgehead atoms. The number of phenols is 2. The quantitative estimate of drug-likeness (QED) is 0.242. The highest BCUT2D eigenvalue weighted by molar-refractivity contribution is 5.92. The van der Waals surface area contributed by atoms with Crippen LogP contribution in [-0.4, -0.2) is 32.0 Å². The number of allylic oxidation sites excluding steroid dienone is 2. The fraction of sp³-hybridized carbons (Fsp3) is 0.419. The number of aliphatic hydroxyl groups is 1. The zero-order valence-electron chi connectivity index (χ0n) is 21.9. The third-order valence-corrected chi connectivity index (χ3v) is 8.40. The average Bonchev–Trinajstić information content (AvgIpc) is 3.23. The molecule has 36 heavy (non-hydrogen) atoms. The number of aromatic hydroxyl groups is 2. The Morgan fingerprint density at radius 3 is 2.47 bits per heavy atom. The van der Waals surface area contributed by atoms with E-state index in [1.807, 2.05) is 24.4 Å². The third kappa shape index (κ3) is 4.20. The zero-order valence-corrected chi connectivity index (χ0v) is 21.9. The first-order valence-electron chi connectivity index (χ1n) is 12.9. The molecule has 3 aromatic rings. The number of hydrogen-bond donors (Lipinski definition) is 4. The normalized spacial score (nSPS) is 24.8. The molecule has 1 aliphatic carbocycles. The maximum Gasteiger partial charge on any atom is 0.164 e. The molecule has 3 atom stereocenters. The van der Waals surface area contributed by atoms with Crippen molar-refractivity contribution in [1.29, 1.82) is 0 Å². The van der Waals surface area contributed by atoms with Gasteiger partial charge in [0.1, 0.15) is 11.4 Å². The Bertz CT molecular complexity index is 1370. The van der Waals surface area contributed by atoms with Gasteiger partial charge < -0.3 is 25.0 Å². The van der Waals surface area contributed by atoms with Crippen molar-refractivity contribution in [3.05, 3.63) is 64.4 Å². The van der Waals surface area contributed by atoms with Gasteiger partial charge >= 0.3 is 0 Å². The number of benzene rings is 2. The molecule has 0 saturated heterocycles. The molecule has 1 aliphatic heterocycles. The number of aliphatic hydroxyl groups excluding tert-OH is 1. The molecule has 5 heteroatoms. The minimum Gasteiger partial charge on any atom is -0.507 e. The summed E-state index contributed by atoms with van der Waals surface area (Å²) in [5.74, 6) is 1.10. The van der Waals surface area contributed by atoms with Gasteiger partial charge in [-0.2, -0.15) is 0 Å². The number of aromatic nitrogens is 1. The molecule has 0 spiro atoms. The molecular weight excluding hydrogens is 450 g/mol. The van der Waals surface area contributed by atoms with Gasteiger partial charge in [-0.15, -0.1) is 0 Å². The summed E-state index contributed by atoms with van der Waals surface area (Å²) in [6, 6.07) is 7.59. The monoisotopic (exact) mass is 487 g/mol. The number of hydrogen-bond acceptors (Lipinski definition) is 4. The summed E-state index contributed by atoms with van der Waals surface area (Å²) >= 11 is 0. The van der Waals surface area contributed by atoms with Crippen molar-refractivity contribution in [3.8, 4) is 17.2 Å². The largest absolute Gasteiger partial charge is 0.507 e. The second kappa shape index (κ2) is 8.74. The standard InChI is InChI=1S/C31H37NO4/c1-18(2)6-9-21-17-32-23-13-20(14-24(33)28(21)23)8-7-19-12-22-16-26-30(3,4)27(35)10-11-31(26,5)36-29(22)25(34)15-19/h6-8,12-15,17,26-27,32-35H,9-11,16H2,1-5H3/t26-,27-,31-/m1/s1. The van der Waals surface area contributed by atoms with E-state index in [0.29, 0.717) is 12.2 Å². The van der Waals surface area contributed by atoms with Gasteiger partial charge in [0.15, 0.2) is 11.5 Å². The first-order valence-corrected chi connectivity index (χ1v) is 12.9. The Labute approximate surface area is 213 Å². The van der Waals surface area contributed by atoms with E-state index < -0.39 is 5.60 Å². The number of fused-ring (bicyclic) bond motifs is 3. The summed E-state index contributed by atoms with van der Waals surface area (Å²) in [5.41, 5.74) is 5.22. The second-order valence-electron chi connectivity index (χ2n) is 11.7. The molecule has 5 rings (SSSR count). The number of H-pyrrole nitrogens is 1. The summed E-state index contributed by atoms with van der Waals surface area (Å²) in [5, 5.41) is 33.1. The summed E-state index contributed by atoms with van der Waals surface area (Å²) < 4.78 is 6.43. The van der Waals surface area contributed by atoms with Crippen molar-refractivity contribution in [2.45, 2.75) is 72.0 Å². The van der Waals surface area contributed by atoms with Gasteiger partial charge in [-0.1, -0.05) is 37.6 Å². The molecule has 0 amide bonds. The Balaban J connectivity index is 1.44. The number of aromatic amines is 1. The number of nitrogens with one attached hydrogen (secondary N) is 1. The van der Waals surface area contributed by atoms with Gasteiger partial charge in [-0.25, -0.2) is 0 Å². The summed E-state index contributed by atoms with van der Waals surface area (Å²) in [7, 11) is 0. The van der Waals surface area contributed by atoms with Gasteiger partial charge in [0.2, 0.25) is 0 Å². The summed E-state index contributed by atoms with van der Waals surface area (Å²) in [6.45, 7) is 10.5. The van der Waals surface area contributed by atoms with Crippen LogP contribution in [0.15, 0.2) is 42.1 Å². The smallest absolute Gasteiger partial charge is 0.164 e. The number of rotatable bonds is 4. The van der Waals surface area contributed by atoms with E-state index in [9.17, 15) is 15.3 Å². The highest BCUT2D eigenvalue weighted by Gasteiger charge is 2.54. The fourth-order valence-electron chi connectivity index (χ4n) is 6.21. The van der Waals surface area contributed by atoms with Gasteiger partial charge in [0.25, 0.3) is 0 Å². The molecule has 1 saturated carbocycles. The fourth-order valence-corrected chi connectivity index (χ4v) is 6.21. The third-order valence-electron chi connectivity index (χ3n) is 8.40. The SMILES string of the molecule is CC(C)=CCc1c[nH]c2cc(C=Cc3cc(O)c4c(c3)C[C@@H]3C(C)(C)[C@H](O)CC[C@@]3(C)O4)cc(O)c12. The first-order chi connectivity index (χ1) is 17.0. The van der Waals surface area contributed by atoms with Crippen molar-refractivity contribution in [1.82, 2.24) is 4.98 Å². The lowest BCUT2D eigenvalue weighted by atomic mass is 9.57. The molecule has 4 N–H and O–H groups in total. The van der Waals surface area contributed by atoms with E-state index in [4.69, 9.17) is 4.74 Å². The van der Waals surface area contributed by atoms with Crippen LogP contribution < -0.4 is 4.74 Å². The van der Waals surface area contributed by atoms with E-state index in [1.165, 1.54) is 5.57 Å². The van der Waals surface area contributed by atoms with Crippen LogP contribution in [0.4, 0.5) is 0 Å². The van der Waals surface area contributed by atoms with Gasteiger partial charge in [0.05, 0.1) is 6.10 Å². The van der Waals surface area contributed by atoms with Crippen molar-refractivity contribution in [2.24, 2.45) is 11.3 Å². The van der Waals surface area contributed by atoms with E-state index in [2.05, 4.69) is 51.7 Å². The summed E-state index contributed by atoms with van der Waals surface area (Å²) in [4.78, 5) is 3.28. The van der Waals surface area contributed by atoms with Crippen LogP contribution in [0.5, 0.6) is 17.2 Å². The predicted molar refractivity (Wildman–Crippen MR) is 145 cm³/mol. The molecule has 5 nitrogen and oxygen atoms in total. The van der Waals surface area contributed by atoms with E-state index >= 15 is 0 Å². The first kappa shape index (κ1) is 24.5. The highest BCUT2D eigenvalue weighted by atomic mass is 16.5. The maximum absolute atomic E-state index is 10.8. The van der Waals surface area contributed by atoms with E-state index in [0.717, 1.165) is 52.4 Å². The van der Waals surface area contributed by atoms with Crippen LogP contribution in [-0.2, 0) is 12.8 Å². The highest BCUT2D eigenvalue weighted by Crippen LogP contribution is 2.54. The van der Waals surface area contributed by atoms with Crippen molar-refractivity contribution >= 4 is 23.1 Å². The Morgan fingerprint density at radius 2 is 1.75 bits per heavy atom. The lowest BCUT2D eigenvalue weighted by Gasteiger charge is -2.55. The molecule has 0 radical (unpaired) electrons. The molecule has 0 unspecified atom stereocenters. The minimum atomic E-state index is -0.405. The average molecular weight is 488 g/mol. The van der Waals surface area contributed by atoms with Crippen LogP contribution in [0.3, 0.4) is 0 Å².